The van der Waals surface area contributed by atoms with Gasteiger partial charge in [-0.15, -0.1) is 11.3 Å². The second-order valence-corrected chi connectivity index (χ2v) is 6.89. The smallest absolute Gasteiger partial charge is 0.0701 e. The van der Waals surface area contributed by atoms with Crippen molar-refractivity contribution in [1.82, 2.24) is 5.32 Å². The fourth-order valence-corrected chi connectivity index (χ4v) is 3.18. The van der Waals surface area contributed by atoms with Crippen LogP contribution in [0.2, 0.25) is 0 Å². The molecule has 2 atom stereocenters. The molecule has 0 saturated heterocycles. The highest BCUT2D eigenvalue weighted by molar-refractivity contribution is 9.11. The third kappa shape index (κ3) is 3.84. The van der Waals surface area contributed by atoms with Crippen molar-refractivity contribution in [2.75, 3.05) is 6.61 Å². The number of aliphatic hydroxyl groups excluding tert-OH is 1. The number of rotatable bonds is 6. The Hall–Kier alpha value is 0.1000. The summed E-state index contributed by atoms with van der Waals surface area (Å²) < 4.78 is 1.16. The number of hydrogen-bond donors (Lipinski definition) is 2. The summed E-state index contributed by atoms with van der Waals surface area (Å²) in [5.74, 6) is 0. The Morgan fingerprint density at radius 2 is 2.25 bits per heavy atom. The van der Waals surface area contributed by atoms with Crippen LogP contribution in [-0.2, 0) is 0 Å². The van der Waals surface area contributed by atoms with Crippen molar-refractivity contribution in [3.8, 4) is 0 Å². The van der Waals surface area contributed by atoms with Crippen molar-refractivity contribution in [3.63, 3.8) is 0 Å². The summed E-state index contributed by atoms with van der Waals surface area (Å²) in [6, 6.07) is 4.54. The van der Waals surface area contributed by atoms with Gasteiger partial charge >= 0.3 is 0 Å². The van der Waals surface area contributed by atoms with Gasteiger partial charge in [0.05, 0.1) is 3.79 Å². The van der Waals surface area contributed by atoms with E-state index in [1.807, 2.05) is 0 Å². The first-order chi connectivity index (χ1) is 7.50. The molecule has 16 heavy (non-hydrogen) atoms. The van der Waals surface area contributed by atoms with Crippen molar-refractivity contribution in [2.24, 2.45) is 0 Å². The van der Waals surface area contributed by atoms with E-state index in [-0.39, 0.29) is 12.1 Å². The molecular formula is C12H20BrNOS. The molecule has 4 heteroatoms. The molecule has 1 heterocycles. The van der Waals surface area contributed by atoms with Gasteiger partial charge in [-0.25, -0.2) is 0 Å². The Bertz CT molecular complexity index is 329. The standard InChI is InChI=1S/C12H20BrNOS/c1-4-12(3,7-8-15)14-9(2)10-5-6-11(13)16-10/h5-6,9,14-15H,4,7-8H2,1-3H3. The first-order valence-corrected chi connectivity index (χ1v) is 7.25. The van der Waals surface area contributed by atoms with Crippen LogP contribution in [0.15, 0.2) is 15.9 Å². The molecule has 2 unspecified atom stereocenters. The van der Waals surface area contributed by atoms with Gasteiger partial charge < -0.3 is 10.4 Å². The molecule has 0 aliphatic rings. The van der Waals surface area contributed by atoms with Crippen molar-refractivity contribution in [1.29, 1.82) is 0 Å². The molecule has 2 nitrogen and oxygen atoms in total. The maximum absolute atomic E-state index is 9.08. The summed E-state index contributed by atoms with van der Waals surface area (Å²) >= 11 is 5.24. The number of nitrogens with one attached hydrogen (secondary N) is 1. The molecule has 0 saturated carbocycles. The molecule has 0 amide bonds. The lowest BCUT2D eigenvalue weighted by Gasteiger charge is -2.32. The minimum absolute atomic E-state index is 0.0185. The van der Waals surface area contributed by atoms with E-state index >= 15 is 0 Å². The maximum Gasteiger partial charge on any atom is 0.0701 e. The Kier molecular flexibility index (Phi) is 5.44. The average molecular weight is 306 g/mol. The molecule has 0 spiro atoms. The molecule has 0 aliphatic carbocycles. The minimum Gasteiger partial charge on any atom is -0.396 e. The van der Waals surface area contributed by atoms with Crippen LogP contribution >= 0.6 is 27.3 Å². The van der Waals surface area contributed by atoms with Crippen molar-refractivity contribution in [2.45, 2.75) is 45.2 Å². The lowest BCUT2D eigenvalue weighted by molar-refractivity contribution is 0.205. The summed E-state index contributed by atoms with van der Waals surface area (Å²) in [6.07, 6.45) is 1.81. The monoisotopic (exact) mass is 305 g/mol. The van der Waals surface area contributed by atoms with Crippen LogP contribution in [0.3, 0.4) is 0 Å². The molecule has 0 aliphatic heterocycles. The normalized spacial score (nSPS) is 17.1. The van der Waals surface area contributed by atoms with Crippen LogP contribution in [0.25, 0.3) is 0 Å². The van der Waals surface area contributed by atoms with E-state index in [1.54, 1.807) is 11.3 Å². The fraction of sp³-hybridized carbons (Fsp3) is 0.667. The topological polar surface area (TPSA) is 32.3 Å². The van der Waals surface area contributed by atoms with E-state index in [9.17, 15) is 0 Å². The summed E-state index contributed by atoms with van der Waals surface area (Å²) in [5.41, 5.74) is 0.0185. The summed E-state index contributed by atoms with van der Waals surface area (Å²) in [7, 11) is 0. The van der Waals surface area contributed by atoms with Gasteiger partial charge in [-0.05, 0) is 54.8 Å². The van der Waals surface area contributed by atoms with Gasteiger partial charge in [0.1, 0.15) is 0 Å². The molecular weight excluding hydrogens is 286 g/mol. The maximum atomic E-state index is 9.08. The van der Waals surface area contributed by atoms with Gasteiger partial charge in [0, 0.05) is 23.1 Å². The molecule has 92 valence electrons. The third-order valence-corrected chi connectivity index (χ3v) is 4.84. The first kappa shape index (κ1) is 14.2. The summed E-state index contributed by atoms with van der Waals surface area (Å²) in [6.45, 7) is 6.73. The Labute approximate surface area is 110 Å². The highest BCUT2D eigenvalue weighted by atomic mass is 79.9. The highest BCUT2D eigenvalue weighted by Gasteiger charge is 2.24. The minimum atomic E-state index is 0.0185. The Balaban J connectivity index is 2.65. The van der Waals surface area contributed by atoms with E-state index in [1.165, 1.54) is 4.88 Å². The van der Waals surface area contributed by atoms with Crippen LogP contribution in [-0.4, -0.2) is 17.3 Å². The number of halogens is 1. The first-order valence-electron chi connectivity index (χ1n) is 5.64. The van der Waals surface area contributed by atoms with Crippen LogP contribution in [0, 0.1) is 0 Å². The zero-order valence-corrected chi connectivity index (χ0v) is 12.5. The lowest BCUT2D eigenvalue weighted by Crippen LogP contribution is -2.43. The van der Waals surface area contributed by atoms with Gasteiger partial charge in [0.15, 0.2) is 0 Å². The third-order valence-electron chi connectivity index (χ3n) is 3.03. The molecule has 0 bridgehead atoms. The number of hydrogen-bond acceptors (Lipinski definition) is 3. The molecule has 0 aromatic carbocycles. The van der Waals surface area contributed by atoms with Crippen LogP contribution in [0.4, 0.5) is 0 Å². The lowest BCUT2D eigenvalue weighted by atomic mass is 9.93. The van der Waals surface area contributed by atoms with Gasteiger partial charge in [-0.2, -0.15) is 0 Å². The zero-order chi connectivity index (χ0) is 12.2. The average Bonchev–Trinajstić information content (AvgIpc) is 2.65. The Morgan fingerprint density at radius 3 is 2.69 bits per heavy atom. The molecule has 0 fully saturated rings. The predicted molar refractivity (Wildman–Crippen MR) is 74.0 cm³/mol. The van der Waals surface area contributed by atoms with Crippen LogP contribution in [0.1, 0.15) is 44.5 Å². The van der Waals surface area contributed by atoms with E-state index in [0.29, 0.717) is 6.04 Å². The van der Waals surface area contributed by atoms with E-state index in [4.69, 9.17) is 5.11 Å². The van der Waals surface area contributed by atoms with Crippen molar-refractivity contribution >= 4 is 27.3 Å². The zero-order valence-electron chi connectivity index (χ0n) is 10.1. The summed E-state index contributed by atoms with van der Waals surface area (Å²) in [5, 5.41) is 12.7. The second kappa shape index (κ2) is 6.15. The number of thiophene rings is 1. The second-order valence-electron chi connectivity index (χ2n) is 4.40. The predicted octanol–water partition coefficient (Wildman–Crippen LogP) is 3.71. The molecule has 1 aromatic rings. The quantitative estimate of drug-likeness (QED) is 0.839. The van der Waals surface area contributed by atoms with Crippen LogP contribution in [0.5, 0.6) is 0 Å². The summed E-state index contributed by atoms with van der Waals surface area (Å²) in [4.78, 5) is 1.32. The van der Waals surface area contributed by atoms with Gasteiger partial charge in [0.25, 0.3) is 0 Å². The van der Waals surface area contributed by atoms with Crippen molar-refractivity contribution in [3.05, 3.63) is 20.8 Å². The Morgan fingerprint density at radius 1 is 1.56 bits per heavy atom. The molecule has 2 N–H and O–H groups in total. The molecule has 1 rings (SSSR count). The van der Waals surface area contributed by atoms with Gasteiger partial charge in [-0.1, -0.05) is 6.92 Å². The SMILES string of the molecule is CCC(C)(CCO)NC(C)c1ccc(Br)s1. The van der Waals surface area contributed by atoms with E-state index < -0.39 is 0 Å². The molecule has 0 radical (unpaired) electrons. The van der Waals surface area contributed by atoms with E-state index in [2.05, 4.69) is 54.2 Å². The fourth-order valence-electron chi connectivity index (χ4n) is 1.75. The van der Waals surface area contributed by atoms with Crippen LogP contribution < -0.4 is 5.32 Å². The number of aliphatic hydroxyl groups is 1. The van der Waals surface area contributed by atoms with E-state index in [0.717, 1.165) is 16.6 Å². The van der Waals surface area contributed by atoms with Crippen molar-refractivity contribution < 1.29 is 5.11 Å². The molecule has 1 aromatic heterocycles. The van der Waals surface area contributed by atoms with Gasteiger partial charge in [-0.3, -0.25) is 0 Å². The largest absolute Gasteiger partial charge is 0.396 e. The van der Waals surface area contributed by atoms with Gasteiger partial charge in [0.2, 0.25) is 0 Å². The highest BCUT2D eigenvalue weighted by Crippen LogP contribution is 2.29.